The lowest BCUT2D eigenvalue weighted by molar-refractivity contribution is 0.413. The Kier molecular flexibility index (Phi) is 3.42. The van der Waals surface area contributed by atoms with Crippen LogP contribution in [0.25, 0.3) is 10.4 Å². The smallest absolute Gasteiger partial charge is 0.261 e. The summed E-state index contributed by atoms with van der Waals surface area (Å²) < 4.78 is 27.7. The number of halogens is 1. The topological polar surface area (TPSA) is 43.4 Å². The van der Waals surface area contributed by atoms with Gasteiger partial charge in [-0.25, -0.2) is 8.42 Å². The van der Waals surface area contributed by atoms with E-state index in [9.17, 15) is 8.42 Å². The van der Waals surface area contributed by atoms with E-state index in [2.05, 4.69) is 0 Å². The van der Waals surface area contributed by atoms with Crippen LogP contribution >= 0.6 is 22.0 Å². The molecule has 0 bridgehead atoms. The molecule has 6 heteroatoms. The van der Waals surface area contributed by atoms with Crippen LogP contribution in [0.4, 0.5) is 0 Å². The first-order chi connectivity index (χ1) is 8.00. The number of hydrogen-bond acceptors (Lipinski definition) is 4. The maximum absolute atomic E-state index is 11.3. The van der Waals surface area contributed by atoms with Gasteiger partial charge in [-0.3, -0.25) is 0 Å². The van der Waals surface area contributed by atoms with Crippen LogP contribution in [-0.4, -0.2) is 15.5 Å². The number of benzene rings is 1. The summed E-state index contributed by atoms with van der Waals surface area (Å²) in [5.41, 5.74) is 0.776. The van der Waals surface area contributed by atoms with Crippen LogP contribution in [-0.2, 0) is 9.05 Å². The molecule has 0 fully saturated rings. The van der Waals surface area contributed by atoms with Gasteiger partial charge in [0.1, 0.15) is 5.75 Å². The fourth-order valence-corrected chi connectivity index (χ4v) is 2.92. The molecule has 0 N–H and O–H groups in total. The van der Waals surface area contributed by atoms with Gasteiger partial charge in [0.2, 0.25) is 0 Å². The van der Waals surface area contributed by atoms with Crippen molar-refractivity contribution in [1.29, 1.82) is 0 Å². The quantitative estimate of drug-likeness (QED) is 0.814. The van der Waals surface area contributed by atoms with Crippen LogP contribution in [0.2, 0.25) is 0 Å². The molecule has 0 atom stereocenters. The molecule has 1 heterocycles. The van der Waals surface area contributed by atoms with Gasteiger partial charge >= 0.3 is 0 Å². The molecule has 2 rings (SSSR count). The molecule has 90 valence electrons. The van der Waals surface area contributed by atoms with Crippen molar-refractivity contribution >= 4 is 31.1 Å². The van der Waals surface area contributed by atoms with Gasteiger partial charge < -0.3 is 4.74 Å². The Morgan fingerprint density at radius 1 is 1.29 bits per heavy atom. The van der Waals surface area contributed by atoms with E-state index in [1.54, 1.807) is 6.07 Å². The van der Waals surface area contributed by atoms with E-state index in [0.29, 0.717) is 5.75 Å². The van der Waals surface area contributed by atoms with Crippen molar-refractivity contribution in [2.75, 3.05) is 7.11 Å². The second kappa shape index (κ2) is 4.68. The highest BCUT2D eigenvalue weighted by molar-refractivity contribution is 8.13. The normalized spacial score (nSPS) is 11.4. The van der Waals surface area contributed by atoms with Gasteiger partial charge in [-0.2, -0.15) is 0 Å². The van der Waals surface area contributed by atoms with Crippen molar-refractivity contribution in [2.45, 2.75) is 4.90 Å². The maximum atomic E-state index is 11.3. The maximum Gasteiger partial charge on any atom is 0.261 e. The summed E-state index contributed by atoms with van der Waals surface area (Å²) in [6.45, 7) is 0. The van der Waals surface area contributed by atoms with Gasteiger partial charge in [0, 0.05) is 21.6 Å². The van der Waals surface area contributed by atoms with Crippen LogP contribution in [0.5, 0.6) is 5.75 Å². The van der Waals surface area contributed by atoms with E-state index in [4.69, 9.17) is 15.4 Å². The van der Waals surface area contributed by atoms with E-state index in [-0.39, 0.29) is 4.90 Å². The Morgan fingerprint density at radius 3 is 2.59 bits per heavy atom. The molecular weight excluding hydrogens is 280 g/mol. The summed E-state index contributed by atoms with van der Waals surface area (Å²) >= 11 is 1.52. The van der Waals surface area contributed by atoms with Crippen molar-refractivity contribution in [3.05, 3.63) is 35.7 Å². The molecule has 0 radical (unpaired) electrons. The second-order valence-electron chi connectivity index (χ2n) is 3.31. The molecule has 0 unspecified atom stereocenters. The minimum atomic E-state index is -3.75. The summed E-state index contributed by atoms with van der Waals surface area (Å²) in [4.78, 5) is 1.01. The number of thiophene rings is 1. The Bertz CT molecular complexity index is 618. The van der Waals surface area contributed by atoms with Crippen molar-refractivity contribution in [3.63, 3.8) is 0 Å². The Morgan fingerprint density at radius 2 is 2.06 bits per heavy atom. The third-order valence-corrected chi connectivity index (χ3v) is 4.46. The minimum Gasteiger partial charge on any atom is -0.497 e. The van der Waals surface area contributed by atoms with Gasteiger partial charge in [-0.1, -0.05) is 6.07 Å². The molecule has 0 aliphatic rings. The Balaban J connectivity index is 2.62. The molecule has 17 heavy (non-hydrogen) atoms. The first-order valence-corrected chi connectivity index (χ1v) is 7.87. The molecule has 0 aliphatic heterocycles. The molecular formula is C11H9ClO3S2. The predicted molar refractivity (Wildman–Crippen MR) is 69.3 cm³/mol. The minimum absolute atomic E-state index is 0.0434. The average Bonchev–Trinajstić information content (AvgIpc) is 2.80. The molecule has 1 aromatic carbocycles. The van der Waals surface area contributed by atoms with Crippen LogP contribution in [0.1, 0.15) is 0 Å². The summed E-state index contributed by atoms with van der Waals surface area (Å²) in [6.07, 6.45) is 0. The molecule has 0 saturated carbocycles. The molecule has 3 nitrogen and oxygen atoms in total. The lowest BCUT2D eigenvalue weighted by Crippen LogP contribution is -1.93. The number of hydrogen-bond donors (Lipinski definition) is 0. The van der Waals surface area contributed by atoms with Gasteiger partial charge in [0.05, 0.1) is 12.0 Å². The largest absolute Gasteiger partial charge is 0.497 e. The van der Waals surface area contributed by atoms with E-state index in [1.807, 2.05) is 17.5 Å². The van der Waals surface area contributed by atoms with Crippen LogP contribution in [0.15, 0.2) is 40.6 Å². The lowest BCUT2D eigenvalue weighted by Gasteiger charge is -2.05. The van der Waals surface area contributed by atoms with Crippen molar-refractivity contribution in [2.24, 2.45) is 0 Å². The second-order valence-corrected chi connectivity index (χ2v) is 6.83. The highest BCUT2D eigenvalue weighted by Crippen LogP contribution is 2.31. The summed E-state index contributed by atoms with van der Waals surface area (Å²) in [6, 6.07) is 8.52. The van der Waals surface area contributed by atoms with E-state index in [1.165, 1.54) is 30.6 Å². The number of ether oxygens (including phenoxy) is 1. The van der Waals surface area contributed by atoms with E-state index >= 15 is 0 Å². The highest BCUT2D eigenvalue weighted by Gasteiger charge is 2.14. The van der Waals surface area contributed by atoms with Crippen molar-refractivity contribution in [1.82, 2.24) is 0 Å². The van der Waals surface area contributed by atoms with Crippen molar-refractivity contribution in [3.8, 4) is 16.2 Å². The molecule has 0 saturated heterocycles. The predicted octanol–water partition coefficient (Wildman–Crippen LogP) is 3.35. The molecule has 1 aromatic heterocycles. The summed E-state index contributed by atoms with van der Waals surface area (Å²) in [5, 5.41) is 1.92. The lowest BCUT2D eigenvalue weighted by atomic mass is 10.2. The zero-order chi connectivity index (χ0) is 12.5. The number of rotatable bonds is 3. The fraction of sp³-hybridized carbons (Fsp3) is 0.0909. The standard InChI is InChI=1S/C11H9ClO3S2/c1-15-9-5-8(11-3-2-4-16-11)6-10(7-9)17(12,13)14/h2-7H,1H3. The van der Waals surface area contributed by atoms with Gasteiger partial charge in [0.25, 0.3) is 9.05 Å². The Labute approximate surface area is 108 Å². The zero-order valence-corrected chi connectivity index (χ0v) is 11.3. The average molecular weight is 289 g/mol. The Hall–Kier alpha value is -1.04. The van der Waals surface area contributed by atoms with E-state index < -0.39 is 9.05 Å². The van der Waals surface area contributed by atoms with Crippen LogP contribution in [0, 0.1) is 0 Å². The molecule has 2 aromatic rings. The molecule has 0 spiro atoms. The fourth-order valence-electron chi connectivity index (χ4n) is 1.42. The SMILES string of the molecule is COc1cc(-c2cccs2)cc(S(=O)(=O)Cl)c1. The van der Waals surface area contributed by atoms with Crippen LogP contribution in [0.3, 0.4) is 0 Å². The van der Waals surface area contributed by atoms with Gasteiger partial charge in [-0.15, -0.1) is 11.3 Å². The van der Waals surface area contributed by atoms with Gasteiger partial charge in [-0.05, 0) is 29.1 Å². The number of methoxy groups -OCH3 is 1. The third kappa shape index (κ3) is 2.80. The molecule has 0 amide bonds. The van der Waals surface area contributed by atoms with E-state index in [0.717, 1.165) is 10.4 Å². The summed E-state index contributed by atoms with van der Waals surface area (Å²) in [7, 11) is 3.07. The first kappa shape index (κ1) is 12.4. The highest BCUT2D eigenvalue weighted by atomic mass is 35.7. The molecule has 0 aliphatic carbocycles. The monoisotopic (exact) mass is 288 g/mol. The third-order valence-electron chi connectivity index (χ3n) is 2.20. The first-order valence-electron chi connectivity index (χ1n) is 4.68. The van der Waals surface area contributed by atoms with Crippen LogP contribution < -0.4 is 4.74 Å². The summed E-state index contributed by atoms with van der Waals surface area (Å²) in [5.74, 6) is 0.468. The zero-order valence-electron chi connectivity index (χ0n) is 8.88. The van der Waals surface area contributed by atoms with Gasteiger partial charge in [0.15, 0.2) is 0 Å². The van der Waals surface area contributed by atoms with Crippen molar-refractivity contribution < 1.29 is 13.2 Å².